The summed E-state index contributed by atoms with van der Waals surface area (Å²) in [5.74, 6) is 0.987. The fraction of sp³-hybridized carbons (Fsp3) is 0.636. The smallest absolute Gasteiger partial charge is 0.149 e. The van der Waals surface area contributed by atoms with Crippen molar-refractivity contribution in [3.05, 3.63) is 12.4 Å². The molecule has 1 rings (SSSR count). The van der Waals surface area contributed by atoms with E-state index in [0.29, 0.717) is 0 Å². The lowest BCUT2D eigenvalue weighted by molar-refractivity contribution is 0.303. The highest BCUT2D eigenvalue weighted by Crippen LogP contribution is 2.05. The van der Waals surface area contributed by atoms with E-state index in [1.165, 1.54) is 6.33 Å². The van der Waals surface area contributed by atoms with E-state index in [4.69, 9.17) is 5.73 Å². The number of hydrogen-bond donors (Lipinski definition) is 1. The third-order valence-corrected chi connectivity index (χ3v) is 2.52. The third kappa shape index (κ3) is 4.44. The molecule has 0 fully saturated rings. The van der Waals surface area contributed by atoms with Crippen LogP contribution in [0.2, 0.25) is 0 Å². The molecule has 0 bridgehead atoms. The molecule has 0 amide bonds. The van der Waals surface area contributed by atoms with Crippen molar-refractivity contribution in [1.82, 2.24) is 20.6 Å². The van der Waals surface area contributed by atoms with Gasteiger partial charge in [-0.25, -0.2) is 9.97 Å². The first kappa shape index (κ1) is 12.7. The van der Waals surface area contributed by atoms with Crippen LogP contribution in [-0.2, 0) is 0 Å². The van der Waals surface area contributed by atoms with Gasteiger partial charge in [0.15, 0.2) is 0 Å². The number of rotatable bonds is 7. The summed E-state index contributed by atoms with van der Waals surface area (Å²) < 4.78 is 0. The minimum atomic E-state index is 0.251. The molecule has 0 aliphatic rings. The van der Waals surface area contributed by atoms with Crippen molar-refractivity contribution in [2.45, 2.75) is 20.3 Å². The molecule has 1 radical (unpaired) electrons. The monoisotopic (exact) mass is 222 g/mol. The highest BCUT2D eigenvalue weighted by atomic mass is 15.1. The maximum absolute atomic E-state index is 7.34. The molecule has 5 nitrogen and oxygen atoms in total. The Hall–Kier alpha value is -1.36. The highest BCUT2D eigenvalue weighted by molar-refractivity contribution is 5.41. The molecule has 1 heterocycles. The molecule has 0 aliphatic carbocycles. The SMILES string of the molecule is CCN(CC)CCCNc1cc([NH])ncn1. The van der Waals surface area contributed by atoms with Gasteiger partial charge in [0.05, 0.1) is 0 Å². The van der Waals surface area contributed by atoms with Gasteiger partial charge in [-0.3, -0.25) is 5.73 Å². The minimum absolute atomic E-state index is 0.251. The van der Waals surface area contributed by atoms with Crippen molar-refractivity contribution in [2.24, 2.45) is 0 Å². The second-order valence-corrected chi connectivity index (χ2v) is 3.60. The van der Waals surface area contributed by atoms with Crippen molar-refractivity contribution in [2.75, 3.05) is 31.5 Å². The quantitative estimate of drug-likeness (QED) is 0.711. The Morgan fingerprint density at radius 3 is 2.69 bits per heavy atom. The Balaban J connectivity index is 2.20. The van der Waals surface area contributed by atoms with Crippen molar-refractivity contribution >= 4 is 11.6 Å². The van der Waals surface area contributed by atoms with Crippen LogP contribution in [0.25, 0.3) is 0 Å². The van der Waals surface area contributed by atoms with Crippen molar-refractivity contribution in [3.63, 3.8) is 0 Å². The number of hydrogen-bond acceptors (Lipinski definition) is 4. The summed E-state index contributed by atoms with van der Waals surface area (Å²) in [6, 6.07) is 1.64. The fourth-order valence-corrected chi connectivity index (χ4v) is 1.51. The van der Waals surface area contributed by atoms with E-state index in [2.05, 4.69) is 34.0 Å². The molecule has 2 N–H and O–H groups in total. The average Bonchev–Trinajstić information content (AvgIpc) is 2.29. The molecular formula is C11H20N5. The van der Waals surface area contributed by atoms with Gasteiger partial charge < -0.3 is 10.2 Å². The third-order valence-electron chi connectivity index (χ3n) is 2.52. The summed E-state index contributed by atoms with van der Waals surface area (Å²) in [7, 11) is 0. The Morgan fingerprint density at radius 2 is 2.06 bits per heavy atom. The lowest BCUT2D eigenvalue weighted by atomic mass is 10.3. The molecule has 1 aromatic rings. The molecule has 16 heavy (non-hydrogen) atoms. The van der Waals surface area contributed by atoms with Crippen LogP contribution in [0.3, 0.4) is 0 Å². The summed E-state index contributed by atoms with van der Waals surface area (Å²) in [5.41, 5.74) is 7.34. The first-order valence-corrected chi connectivity index (χ1v) is 5.76. The van der Waals surface area contributed by atoms with Gasteiger partial charge in [0.1, 0.15) is 18.0 Å². The van der Waals surface area contributed by atoms with Crippen molar-refractivity contribution in [3.8, 4) is 0 Å². The van der Waals surface area contributed by atoms with Gasteiger partial charge in [-0.2, -0.15) is 0 Å². The van der Waals surface area contributed by atoms with E-state index in [1.807, 2.05) is 0 Å². The Bertz CT molecular complexity index is 298. The molecule has 0 aromatic carbocycles. The van der Waals surface area contributed by atoms with Gasteiger partial charge in [0.2, 0.25) is 0 Å². The topological polar surface area (TPSA) is 64.8 Å². The lowest BCUT2D eigenvalue weighted by Crippen LogP contribution is -2.25. The molecular weight excluding hydrogens is 202 g/mol. The van der Waals surface area contributed by atoms with Crippen LogP contribution in [0.15, 0.2) is 12.4 Å². The van der Waals surface area contributed by atoms with Gasteiger partial charge in [0, 0.05) is 12.6 Å². The average molecular weight is 222 g/mol. The molecule has 0 saturated heterocycles. The van der Waals surface area contributed by atoms with E-state index < -0.39 is 0 Å². The van der Waals surface area contributed by atoms with E-state index in [0.717, 1.165) is 38.4 Å². The van der Waals surface area contributed by atoms with E-state index in [9.17, 15) is 0 Å². The van der Waals surface area contributed by atoms with Crippen LogP contribution in [0.5, 0.6) is 0 Å². The standard InChI is InChI=1S/C11H20N5/c1-3-16(4-2)7-5-6-13-11-8-10(12)14-9-15-11/h8-9,12H,3-7H2,1-2H3,(H,13,14,15). The van der Waals surface area contributed by atoms with Gasteiger partial charge in [-0.1, -0.05) is 13.8 Å². The van der Waals surface area contributed by atoms with E-state index in [-0.39, 0.29) is 5.82 Å². The summed E-state index contributed by atoms with van der Waals surface area (Å²) in [6.45, 7) is 8.52. The predicted octanol–water partition coefficient (Wildman–Crippen LogP) is 1.53. The summed E-state index contributed by atoms with van der Waals surface area (Å²) in [6.07, 6.45) is 2.49. The van der Waals surface area contributed by atoms with Gasteiger partial charge in [-0.05, 0) is 26.1 Å². The first-order valence-electron chi connectivity index (χ1n) is 5.76. The maximum Gasteiger partial charge on any atom is 0.149 e. The van der Waals surface area contributed by atoms with Crippen LogP contribution in [-0.4, -0.2) is 41.0 Å². The highest BCUT2D eigenvalue weighted by Gasteiger charge is 1.99. The normalized spacial score (nSPS) is 10.7. The zero-order valence-corrected chi connectivity index (χ0v) is 10.0. The largest absolute Gasteiger partial charge is 0.370 e. The minimum Gasteiger partial charge on any atom is -0.370 e. The molecule has 1 aromatic heterocycles. The summed E-state index contributed by atoms with van der Waals surface area (Å²) in [4.78, 5) is 10.2. The van der Waals surface area contributed by atoms with E-state index in [1.54, 1.807) is 6.07 Å². The Morgan fingerprint density at radius 1 is 1.31 bits per heavy atom. The van der Waals surface area contributed by atoms with Gasteiger partial charge in [0.25, 0.3) is 0 Å². The lowest BCUT2D eigenvalue weighted by Gasteiger charge is -2.17. The summed E-state index contributed by atoms with van der Waals surface area (Å²) >= 11 is 0. The van der Waals surface area contributed by atoms with Crippen molar-refractivity contribution < 1.29 is 0 Å². The molecule has 5 heteroatoms. The fourth-order valence-electron chi connectivity index (χ4n) is 1.51. The predicted molar refractivity (Wildman–Crippen MR) is 65.7 cm³/mol. The zero-order chi connectivity index (χ0) is 11.8. The second kappa shape index (κ2) is 7.00. The molecule has 0 aliphatic heterocycles. The van der Waals surface area contributed by atoms with Crippen molar-refractivity contribution in [1.29, 1.82) is 0 Å². The van der Waals surface area contributed by atoms with Gasteiger partial charge in [-0.15, -0.1) is 0 Å². The first-order chi connectivity index (χ1) is 7.76. The number of anilines is 1. The van der Waals surface area contributed by atoms with Crippen LogP contribution in [0.4, 0.5) is 11.6 Å². The molecule has 0 spiro atoms. The Kier molecular flexibility index (Phi) is 5.56. The molecule has 0 saturated carbocycles. The van der Waals surface area contributed by atoms with Crippen LogP contribution >= 0.6 is 0 Å². The zero-order valence-electron chi connectivity index (χ0n) is 10.0. The number of nitrogens with zero attached hydrogens (tertiary/aromatic N) is 3. The van der Waals surface area contributed by atoms with Crippen LogP contribution < -0.4 is 11.1 Å². The number of aromatic nitrogens is 2. The van der Waals surface area contributed by atoms with Crippen LogP contribution in [0.1, 0.15) is 20.3 Å². The van der Waals surface area contributed by atoms with Crippen LogP contribution in [0, 0.1) is 0 Å². The summed E-state index contributed by atoms with van der Waals surface area (Å²) in [5, 5.41) is 3.19. The molecule has 89 valence electrons. The molecule has 0 unspecified atom stereocenters. The van der Waals surface area contributed by atoms with E-state index >= 15 is 0 Å². The van der Waals surface area contributed by atoms with Gasteiger partial charge >= 0.3 is 0 Å². The molecule has 0 atom stereocenters. The maximum atomic E-state index is 7.34. The number of nitrogens with one attached hydrogen (secondary N) is 2. The Labute approximate surface area is 97.1 Å². The second-order valence-electron chi connectivity index (χ2n) is 3.60.